The molecule has 37 heavy (non-hydrogen) atoms. The number of benzene rings is 1. The molecule has 7 rings (SSSR count). The lowest BCUT2D eigenvalue weighted by atomic mass is 10.0. The van der Waals surface area contributed by atoms with Crippen molar-refractivity contribution < 1.29 is 9.59 Å². The number of para-hydroxylation sites is 1. The molecule has 1 saturated heterocycles. The van der Waals surface area contributed by atoms with Gasteiger partial charge in [-0.3, -0.25) is 19.2 Å². The number of aromatic amines is 1. The minimum Gasteiger partial charge on any atom is -0.351 e. The molecule has 1 aliphatic carbocycles. The first-order valence-electron chi connectivity index (χ1n) is 13.7. The topological polar surface area (TPSA) is 80.7 Å². The molecule has 0 radical (unpaired) electrons. The number of rotatable bonds is 4. The fourth-order valence-corrected chi connectivity index (χ4v) is 6.47. The van der Waals surface area contributed by atoms with Crippen molar-refractivity contribution in [2.24, 2.45) is 0 Å². The van der Waals surface area contributed by atoms with Crippen LogP contribution < -0.4 is 0 Å². The molecule has 2 aromatic heterocycles. The van der Waals surface area contributed by atoms with Gasteiger partial charge in [-0.2, -0.15) is 5.10 Å². The maximum absolute atomic E-state index is 14.1. The summed E-state index contributed by atoms with van der Waals surface area (Å²) in [5.74, 6) is 0.0891. The SMILES string of the molecule is CN1CCN(CCN2C(=O)c3c4c(nn3CCC23CC3)CCN(C(=O)c2cc3ccccc3[nH]2)C4)CC1. The van der Waals surface area contributed by atoms with Gasteiger partial charge in [0.25, 0.3) is 11.8 Å². The van der Waals surface area contributed by atoms with Gasteiger partial charge in [0.2, 0.25) is 0 Å². The largest absolute Gasteiger partial charge is 0.351 e. The van der Waals surface area contributed by atoms with E-state index in [9.17, 15) is 9.59 Å². The smallest absolute Gasteiger partial charge is 0.273 e. The van der Waals surface area contributed by atoms with E-state index in [1.54, 1.807) is 0 Å². The molecule has 2 amide bonds. The number of H-pyrrole nitrogens is 1. The Balaban J connectivity index is 1.13. The molecular formula is C28H35N7O2. The molecule has 1 aromatic carbocycles. The van der Waals surface area contributed by atoms with E-state index in [0.717, 1.165) is 87.2 Å². The highest BCUT2D eigenvalue weighted by Crippen LogP contribution is 2.47. The van der Waals surface area contributed by atoms with Crippen molar-refractivity contribution in [2.75, 3.05) is 52.9 Å². The average Bonchev–Trinajstić information content (AvgIpc) is 3.44. The Bertz CT molecular complexity index is 1330. The molecule has 9 nitrogen and oxygen atoms in total. The lowest BCUT2D eigenvalue weighted by Crippen LogP contribution is -2.50. The van der Waals surface area contributed by atoms with E-state index < -0.39 is 0 Å². The molecule has 1 spiro atoms. The predicted molar refractivity (Wildman–Crippen MR) is 141 cm³/mol. The Hall–Kier alpha value is -3.17. The van der Waals surface area contributed by atoms with Crippen molar-refractivity contribution >= 4 is 22.7 Å². The number of amides is 2. The Kier molecular flexibility index (Phi) is 5.40. The second-order valence-electron chi connectivity index (χ2n) is 11.3. The summed E-state index contributed by atoms with van der Waals surface area (Å²) in [6.07, 6.45) is 3.81. The lowest BCUT2D eigenvalue weighted by Gasteiger charge is -2.36. The van der Waals surface area contributed by atoms with Gasteiger partial charge in [-0.25, -0.2) is 0 Å². The van der Waals surface area contributed by atoms with Crippen LogP contribution in [0.5, 0.6) is 0 Å². The molecule has 9 heteroatoms. The second kappa shape index (κ2) is 8.70. The summed E-state index contributed by atoms with van der Waals surface area (Å²) in [7, 11) is 2.17. The number of fused-ring (bicyclic) bond motifs is 4. The third-order valence-corrected chi connectivity index (χ3v) is 9.02. The number of likely N-dealkylation sites (N-methyl/N-ethyl adjacent to an activating group) is 1. The van der Waals surface area contributed by atoms with Crippen LogP contribution in [0, 0.1) is 0 Å². The van der Waals surface area contributed by atoms with Crippen molar-refractivity contribution in [3.8, 4) is 0 Å². The number of hydrogen-bond donors (Lipinski definition) is 1. The average molecular weight is 502 g/mol. The number of piperazine rings is 1. The molecule has 3 aliphatic heterocycles. The first kappa shape index (κ1) is 23.0. The predicted octanol–water partition coefficient (Wildman–Crippen LogP) is 2.19. The highest BCUT2D eigenvalue weighted by molar-refractivity contribution is 5.99. The number of carbonyl (C=O) groups is 2. The molecule has 194 valence electrons. The van der Waals surface area contributed by atoms with Gasteiger partial charge >= 0.3 is 0 Å². The lowest BCUT2D eigenvalue weighted by molar-refractivity contribution is 0.0589. The normalized spacial score (nSPS) is 21.8. The third-order valence-electron chi connectivity index (χ3n) is 9.02. The molecule has 3 aromatic rings. The van der Waals surface area contributed by atoms with Crippen LogP contribution >= 0.6 is 0 Å². The van der Waals surface area contributed by atoms with E-state index in [0.29, 0.717) is 30.9 Å². The molecule has 0 bridgehead atoms. The van der Waals surface area contributed by atoms with Crippen LogP contribution in [0.1, 0.15) is 51.5 Å². The molecular weight excluding hydrogens is 466 g/mol. The summed E-state index contributed by atoms with van der Waals surface area (Å²) >= 11 is 0. The van der Waals surface area contributed by atoms with Crippen molar-refractivity contribution in [3.63, 3.8) is 0 Å². The van der Waals surface area contributed by atoms with Crippen LogP contribution in [0.15, 0.2) is 30.3 Å². The van der Waals surface area contributed by atoms with E-state index in [4.69, 9.17) is 5.10 Å². The van der Waals surface area contributed by atoms with Gasteiger partial charge in [-0.05, 0) is 38.4 Å². The van der Waals surface area contributed by atoms with Gasteiger partial charge in [0.15, 0.2) is 0 Å². The van der Waals surface area contributed by atoms with Gasteiger partial charge in [0.1, 0.15) is 11.4 Å². The molecule has 2 fully saturated rings. The number of aromatic nitrogens is 3. The first-order valence-corrected chi connectivity index (χ1v) is 13.7. The molecule has 4 aliphatic rings. The fourth-order valence-electron chi connectivity index (χ4n) is 6.47. The summed E-state index contributed by atoms with van der Waals surface area (Å²) in [6.45, 7) is 7.79. The molecule has 0 unspecified atom stereocenters. The summed E-state index contributed by atoms with van der Waals surface area (Å²) in [5.41, 5.74) is 4.19. The van der Waals surface area contributed by atoms with Gasteiger partial charge in [0.05, 0.1) is 12.2 Å². The number of nitrogens with zero attached hydrogens (tertiary/aromatic N) is 6. The van der Waals surface area contributed by atoms with E-state index in [-0.39, 0.29) is 17.4 Å². The van der Waals surface area contributed by atoms with E-state index in [2.05, 4.69) is 26.7 Å². The first-order chi connectivity index (χ1) is 18.0. The van der Waals surface area contributed by atoms with Crippen LogP contribution in [0.4, 0.5) is 0 Å². The van der Waals surface area contributed by atoms with E-state index in [1.165, 1.54) is 0 Å². The maximum Gasteiger partial charge on any atom is 0.273 e. The van der Waals surface area contributed by atoms with Gasteiger partial charge < -0.3 is 19.7 Å². The van der Waals surface area contributed by atoms with Crippen LogP contribution in [0.25, 0.3) is 10.9 Å². The maximum atomic E-state index is 14.1. The van der Waals surface area contributed by atoms with Gasteiger partial charge in [-0.15, -0.1) is 0 Å². The highest BCUT2D eigenvalue weighted by Gasteiger charge is 2.52. The Morgan fingerprint density at radius 2 is 1.84 bits per heavy atom. The van der Waals surface area contributed by atoms with Crippen molar-refractivity contribution in [2.45, 2.75) is 44.3 Å². The Labute approximate surface area is 217 Å². The Morgan fingerprint density at radius 3 is 2.62 bits per heavy atom. The summed E-state index contributed by atoms with van der Waals surface area (Å²) in [6, 6.07) is 9.87. The second-order valence-corrected chi connectivity index (χ2v) is 11.3. The van der Waals surface area contributed by atoms with Crippen molar-refractivity contribution in [1.29, 1.82) is 0 Å². The summed E-state index contributed by atoms with van der Waals surface area (Å²) < 4.78 is 1.96. The van der Waals surface area contributed by atoms with Crippen molar-refractivity contribution in [1.82, 2.24) is 34.4 Å². The Morgan fingerprint density at radius 1 is 1.03 bits per heavy atom. The quantitative estimate of drug-likeness (QED) is 0.593. The molecule has 1 saturated carbocycles. The van der Waals surface area contributed by atoms with Crippen LogP contribution in [-0.2, 0) is 19.5 Å². The summed E-state index contributed by atoms with van der Waals surface area (Å²) in [5, 5.41) is 5.93. The van der Waals surface area contributed by atoms with Gasteiger partial charge in [-0.1, -0.05) is 18.2 Å². The van der Waals surface area contributed by atoms with Crippen LogP contribution in [0.3, 0.4) is 0 Å². The van der Waals surface area contributed by atoms with Gasteiger partial charge in [0, 0.05) is 80.8 Å². The zero-order valence-corrected chi connectivity index (χ0v) is 21.6. The molecule has 1 N–H and O–H groups in total. The zero-order valence-electron chi connectivity index (χ0n) is 21.6. The molecule has 0 atom stereocenters. The minimum absolute atomic E-state index is 0.00816. The molecule has 5 heterocycles. The van der Waals surface area contributed by atoms with E-state index >= 15 is 0 Å². The standard InChI is InChI=1S/C28H35N7O2/c1-31-12-14-32(15-13-31)16-17-34-27(37)25-21-19-33(26(36)24-18-20-4-2-3-5-22(20)29-24)10-6-23(21)30-35(25)11-9-28(34)7-8-28/h2-5,18,29H,6-17,19H2,1H3. The highest BCUT2D eigenvalue weighted by atomic mass is 16.2. The summed E-state index contributed by atoms with van der Waals surface area (Å²) in [4.78, 5) is 39.8. The van der Waals surface area contributed by atoms with E-state index in [1.807, 2.05) is 39.9 Å². The zero-order chi connectivity index (χ0) is 25.1. The number of carbonyl (C=O) groups excluding carboxylic acids is 2. The van der Waals surface area contributed by atoms with Crippen LogP contribution in [-0.4, -0.2) is 105 Å². The number of aryl methyl sites for hydroxylation is 1. The van der Waals surface area contributed by atoms with Crippen molar-refractivity contribution in [3.05, 3.63) is 53.0 Å². The minimum atomic E-state index is -0.0199. The third kappa shape index (κ3) is 3.95. The number of nitrogens with one attached hydrogen (secondary N) is 1. The van der Waals surface area contributed by atoms with Crippen LogP contribution in [0.2, 0.25) is 0 Å². The monoisotopic (exact) mass is 501 g/mol. The number of hydrogen-bond acceptors (Lipinski definition) is 5. The fraction of sp³-hybridized carbons (Fsp3) is 0.536.